The molecule has 0 bridgehead atoms. The number of fused-ring (bicyclic) bond motifs is 4. The molecule has 3 aromatic rings. The molecule has 382 valence electrons. The Morgan fingerprint density at radius 1 is 0.657 bits per heavy atom. The zero-order chi connectivity index (χ0) is 51.4. The van der Waals surface area contributed by atoms with E-state index in [0.717, 1.165) is 104 Å². The molecule has 2 N–H and O–H groups in total. The third kappa shape index (κ3) is 7.63. The second kappa shape index (κ2) is 17.2. The first kappa shape index (κ1) is 51.0. The molecule has 5 aliphatic heterocycles. The van der Waals surface area contributed by atoms with Crippen LogP contribution in [-0.2, 0) is 30.4 Å². The summed E-state index contributed by atoms with van der Waals surface area (Å²) in [4.78, 5) is 28.7. The maximum atomic E-state index is 14.4. The Bertz CT molecular complexity index is 2770. The maximum Gasteiger partial charge on any atom is 0.460 e. The van der Waals surface area contributed by atoms with E-state index in [2.05, 4.69) is 19.5 Å². The first-order chi connectivity index (χ1) is 32.4. The highest BCUT2D eigenvalue weighted by molar-refractivity contribution is 6.03. The van der Waals surface area contributed by atoms with Crippen LogP contribution < -0.4 is 30.1 Å². The van der Waals surface area contributed by atoms with Gasteiger partial charge < -0.3 is 24.8 Å². The molecule has 8 rings (SSSR count). The van der Waals surface area contributed by atoms with Crippen molar-refractivity contribution in [3.05, 3.63) is 85.4 Å². The number of hydrogen-bond donors (Lipinski definition) is 2. The minimum absolute atomic E-state index is 0.238. The van der Waals surface area contributed by atoms with Crippen LogP contribution in [0.25, 0.3) is 5.57 Å². The topological polar surface area (TPSA) is 91.1 Å². The normalized spacial score (nSPS) is 17.6. The summed E-state index contributed by atoms with van der Waals surface area (Å²) >= 11 is 0. The van der Waals surface area contributed by atoms with Crippen LogP contribution in [0, 0.1) is 0 Å². The lowest BCUT2D eigenvalue weighted by molar-refractivity contribution is -0.462. The second-order valence-electron chi connectivity index (χ2n) is 17.7. The molecule has 0 saturated carbocycles. The van der Waals surface area contributed by atoms with E-state index < -0.39 is 85.7 Å². The average molecular weight is 1020 g/mol. The lowest BCUT2D eigenvalue weighted by Crippen LogP contribution is -2.74. The van der Waals surface area contributed by atoms with Crippen molar-refractivity contribution >= 4 is 23.1 Å². The van der Waals surface area contributed by atoms with Crippen molar-refractivity contribution in [1.82, 2.24) is 9.89 Å². The lowest BCUT2D eigenvalue weighted by atomic mass is 9.81. The van der Waals surface area contributed by atoms with Crippen LogP contribution in [0.5, 0.6) is 11.5 Å². The Balaban J connectivity index is 1.01. The molecule has 0 atom stereocenters. The number of rotatable bonds is 15. The standard InChI is InChI=1S/C45H38F17N3O5/c46-38(47,39(48,49)40(50,51)41(52,53)42(54,55)43(56,57)44(58,59)45(60,61)62)11-17-69-18-12-63-36(66)24-9-10-25(28(21-24)37(67)68)31-29-19-22-5-1-13-64-15-3-7-26(32(22)64)34(29)70-35-27-8-4-16-65-14-2-6-23(33(27)65)20-30(31)35/h9-10,19-21H,1-8,11-18H2,(H-,63,66,67,68)/p+1. The van der Waals surface area contributed by atoms with Crippen molar-refractivity contribution in [2.24, 2.45) is 0 Å². The molecule has 0 saturated heterocycles. The number of hydrogen-bond acceptors (Lipinski definition) is 5. The number of halogens is 17. The van der Waals surface area contributed by atoms with E-state index in [4.69, 9.17) is 4.74 Å². The fourth-order valence-corrected chi connectivity index (χ4v) is 9.88. The highest BCUT2D eigenvalue weighted by atomic mass is 19.4. The highest BCUT2D eigenvalue weighted by Gasteiger charge is 2.95. The molecule has 0 radical (unpaired) electrons. The molecule has 70 heavy (non-hydrogen) atoms. The zero-order valence-corrected chi connectivity index (χ0v) is 36.1. The molecule has 0 fully saturated rings. The summed E-state index contributed by atoms with van der Waals surface area (Å²) in [5.41, 5.74) is 6.16. The number of anilines is 1. The summed E-state index contributed by atoms with van der Waals surface area (Å²) in [5, 5.41) is 14.6. The number of amides is 1. The second-order valence-corrected chi connectivity index (χ2v) is 17.7. The number of carbonyl (C=O) groups is 2. The summed E-state index contributed by atoms with van der Waals surface area (Å²) in [7, 11) is 0. The minimum Gasteiger partial charge on any atom is -0.478 e. The number of benzene rings is 3. The number of carboxylic acid groups (broad SMARTS) is 1. The van der Waals surface area contributed by atoms with Crippen LogP contribution in [0.1, 0.15) is 86.2 Å². The number of nitrogens with one attached hydrogen (secondary N) is 1. The summed E-state index contributed by atoms with van der Waals surface area (Å²) in [5.74, 6) is -58.3. The SMILES string of the molecule is O=C(NCCOCCC(F)(F)C(F)(F)C(F)(F)C(F)(F)C(F)(F)C(F)(F)C(F)(F)C(F)(F)F)c1ccc(C2=c3cc4c5c(c3Oc3c2cc2c6c3CCCN6CCC2)CCC[N+]=5CCC4)c(C(=O)O)c1. The Morgan fingerprint density at radius 3 is 1.89 bits per heavy atom. The maximum absolute atomic E-state index is 14.4. The van der Waals surface area contributed by atoms with Crippen LogP contribution in [0.2, 0.25) is 0 Å². The number of carboxylic acids is 1. The number of alkyl halides is 17. The van der Waals surface area contributed by atoms with Crippen LogP contribution in [0.4, 0.5) is 80.3 Å². The van der Waals surface area contributed by atoms with Gasteiger partial charge in [-0.15, -0.1) is 0 Å². The fraction of sp³-hybridized carbons (Fsp3) is 0.533. The van der Waals surface area contributed by atoms with Crippen molar-refractivity contribution < 1.29 is 98.8 Å². The van der Waals surface area contributed by atoms with Gasteiger partial charge in [-0.3, -0.25) is 4.79 Å². The van der Waals surface area contributed by atoms with Crippen molar-refractivity contribution in [2.45, 2.75) is 105 Å². The van der Waals surface area contributed by atoms with Crippen molar-refractivity contribution in [3.63, 3.8) is 0 Å². The number of aryl methyl sites for hydroxylation is 2. The summed E-state index contributed by atoms with van der Waals surface area (Å²) in [6.07, 6.45) is -4.16. The van der Waals surface area contributed by atoms with Gasteiger partial charge in [0.2, 0.25) is 5.36 Å². The van der Waals surface area contributed by atoms with Gasteiger partial charge in [0.1, 0.15) is 24.6 Å². The highest BCUT2D eigenvalue weighted by Crippen LogP contribution is 2.64. The van der Waals surface area contributed by atoms with E-state index in [0.29, 0.717) is 40.7 Å². The zero-order valence-electron chi connectivity index (χ0n) is 36.1. The van der Waals surface area contributed by atoms with Gasteiger partial charge in [0.05, 0.1) is 24.3 Å². The molecule has 0 aliphatic carbocycles. The molecule has 0 unspecified atom stereocenters. The van der Waals surface area contributed by atoms with Gasteiger partial charge in [-0.05, 0) is 73.9 Å². The van der Waals surface area contributed by atoms with Gasteiger partial charge in [0.25, 0.3) is 5.91 Å². The fourth-order valence-electron chi connectivity index (χ4n) is 9.88. The number of ether oxygens (including phenoxy) is 2. The lowest BCUT2D eigenvalue weighted by Gasteiger charge is -2.42. The average Bonchev–Trinajstić information content (AvgIpc) is 3.29. The predicted octanol–water partition coefficient (Wildman–Crippen LogP) is 8.97. The van der Waals surface area contributed by atoms with Crippen LogP contribution in [-0.4, -0.2) is 111 Å². The van der Waals surface area contributed by atoms with Gasteiger partial charge in [0, 0.05) is 77.6 Å². The first-order valence-electron chi connectivity index (χ1n) is 21.8. The van der Waals surface area contributed by atoms with Crippen molar-refractivity contribution in [1.29, 1.82) is 0 Å². The number of aromatic carboxylic acids is 1. The Labute approximate surface area is 384 Å². The van der Waals surface area contributed by atoms with E-state index in [1.807, 2.05) is 12.1 Å². The molecular weight excluding hydrogens is 985 g/mol. The quantitative estimate of drug-likeness (QED) is 0.0703. The van der Waals surface area contributed by atoms with E-state index in [9.17, 15) is 89.3 Å². The first-order valence-corrected chi connectivity index (χ1v) is 21.8. The van der Waals surface area contributed by atoms with Gasteiger partial charge in [-0.1, -0.05) is 6.07 Å². The van der Waals surface area contributed by atoms with Crippen molar-refractivity contribution in [2.75, 3.05) is 50.8 Å². The molecule has 0 aromatic heterocycles. The molecular formula is C45H39F17N3O5+. The van der Waals surface area contributed by atoms with Crippen LogP contribution in [0.15, 0.2) is 30.3 Å². The minimum atomic E-state index is -8.72. The van der Waals surface area contributed by atoms with Gasteiger partial charge in [-0.2, -0.15) is 74.6 Å². The van der Waals surface area contributed by atoms with Gasteiger partial charge in [0.15, 0.2) is 0 Å². The van der Waals surface area contributed by atoms with Crippen LogP contribution >= 0.6 is 0 Å². The summed E-state index contributed by atoms with van der Waals surface area (Å²) in [6.45, 7) is -0.0435. The molecule has 0 spiro atoms. The van der Waals surface area contributed by atoms with Crippen molar-refractivity contribution in [3.8, 4) is 11.5 Å². The van der Waals surface area contributed by atoms with E-state index in [1.165, 1.54) is 12.1 Å². The Hall–Kier alpha value is -5.36. The van der Waals surface area contributed by atoms with Crippen LogP contribution in [0.3, 0.4) is 0 Å². The molecule has 1 amide bonds. The summed E-state index contributed by atoms with van der Waals surface area (Å²) in [6, 6.07) is 7.83. The van der Waals surface area contributed by atoms with E-state index in [1.54, 1.807) is 0 Å². The van der Waals surface area contributed by atoms with Gasteiger partial charge >= 0.3 is 53.6 Å². The molecule has 25 heteroatoms. The van der Waals surface area contributed by atoms with E-state index in [-0.39, 0.29) is 16.7 Å². The number of nitrogens with zero attached hydrogens (tertiary/aromatic N) is 2. The number of carbonyl (C=O) groups excluding carboxylic acids is 1. The molecule has 8 nitrogen and oxygen atoms in total. The molecule has 5 aliphatic rings. The summed E-state index contributed by atoms with van der Waals surface area (Å²) < 4.78 is 245. The Morgan fingerprint density at radius 2 is 1.24 bits per heavy atom. The third-order valence-electron chi connectivity index (χ3n) is 13.3. The third-order valence-corrected chi connectivity index (χ3v) is 13.3. The molecule has 3 aromatic carbocycles. The monoisotopic (exact) mass is 1020 g/mol. The van der Waals surface area contributed by atoms with E-state index >= 15 is 0 Å². The predicted molar refractivity (Wildman–Crippen MR) is 212 cm³/mol. The van der Waals surface area contributed by atoms with Gasteiger partial charge in [-0.25, -0.2) is 9.37 Å². The smallest absolute Gasteiger partial charge is 0.460 e. The molecule has 5 heterocycles. The largest absolute Gasteiger partial charge is 0.478 e. The Kier molecular flexibility index (Phi) is 12.5.